The Morgan fingerprint density at radius 1 is 1.19 bits per heavy atom. The highest BCUT2D eigenvalue weighted by Crippen LogP contribution is 2.29. The zero-order valence-corrected chi connectivity index (χ0v) is 21.8. The number of benzene rings is 2. The fourth-order valence-electron chi connectivity index (χ4n) is 4.12. The lowest BCUT2D eigenvalue weighted by Crippen LogP contribution is -2.52. The van der Waals surface area contributed by atoms with E-state index >= 15 is 0 Å². The Balaban J connectivity index is 1.77. The first-order valence-corrected chi connectivity index (χ1v) is 13.6. The number of primary amides is 1. The molecule has 0 aliphatic carbocycles. The molecule has 0 aromatic heterocycles. The number of halogens is 1. The first-order chi connectivity index (χ1) is 17.7. The van der Waals surface area contributed by atoms with Gasteiger partial charge in [-0.05, 0) is 30.2 Å². The Bertz CT molecular complexity index is 1260. The van der Waals surface area contributed by atoms with Gasteiger partial charge in [-0.15, -0.1) is 0 Å². The molecule has 11 nitrogen and oxygen atoms in total. The van der Waals surface area contributed by atoms with Crippen molar-refractivity contribution in [2.45, 2.75) is 25.0 Å². The number of carbonyl (C=O) groups excluding carboxylic acids is 1. The third-order valence-electron chi connectivity index (χ3n) is 6.04. The molecule has 1 amide bonds. The van der Waals surface area contributed by atoms with Gasteiger partial charge in [-0.2, -0.15) is 17.8 Å². The van der Waals surface area contributed by atoms with Crippen LogP contribution in [0.4, 0.5) is 0 Å². The van der Waals surface area contributed by atoms with E-state index < -0.39 is 28.3 Å². The Kier molecular flexibility index (Phi) is 8.45. The molecule has 37 heavy (non-hydrogen) atoms. The molecule has 0 saturated carbocycles. The fraction of sp³-hybridized carbons (Fsp3) is 0.375. The maximum Gasteiger partial charge on any atom is 0.304 e. The second-order valence-corrected chi connectivity index (χ2v) is 10.8. The molecule has 4 N–H and O–H groups in total. The van der Waals surface area contributed by atoms with Crippen LogP contribution in [-0.2, 0) is 19.7 Å². The van der Waals surface area contributed by atoms with Crippen molar-refractivity contribution in [3.05, 3.63) is 70.7 Å². The normalized spacial score (nSPS) is 20.8. The lowest BCUT2D eigenvalue weighted by molar-refractivity contribution is -0.121. The predicted molar refractivity (Wildman–Crippen MR) is 140 cm³/mol. The smallest absolute Gasteiger partial charge is 0.304 e. The number of guanidine groups is 1. The molecule has 0 bridgehead atoms. The summed E-state index contributed by atoms with van der Waals surface area (Å²) in [5.74, 6) is -1.38. The summed E-state index contributed by atoms with van der Waals surface area (Å²) in [4.78, 5) is 16.3. The number of aliphatic hydroxyl groups excluding tert-OH is 1. The molecule has 1 saturated heterocycles. The SMILES string of the molecule is CC(O)C(N=C(NS(=O)(=O)N1CCOCC1)N1CC(c2ccccc2)C(c2ccc(Cl)cc2)=N1)C(N)=O. The lowest BCUT2D eigenvalue weighted by Gasteiger charge is -2.28. The lowest BCUT2D eigenvalue weighted by atomic mass is 9.91. The standard InChI is InChI=1S/C24H29ClN6O5S/c1-16(32)21(23(26)33)27-24(29-37(34,35)30-11-13-36-14-12-30)31-15-20(17-5-3-2-4-6-17)22(28-31)18-7-9-19(25)10-8-18/h2-10,16,20-21,32H,11-15H2,1H3,(H2,26,33)(H,27,29). The summed E-state index contributed by atoms with van der Waals surface area (Å²) >= 11 is 6.09. The minimum atomic E-state index is -4.08. The molecule has 198 valence electrons. The number of rotatable bonds is 7. The van der Waals surface area contributed by atoms with Crippen molar-refractivity contribution < 1.29 is 23.1 Å². The van der Waals surface area contributed by atoms with Crippen molar-refractivity contribution in [3.63, 3.8) is 0 Å². The molecule has 13 heteroatoms. The topological polar surface area (TPSA) is 150 Å². The van der Waals surface area contributed by atoms with Crippen LogP contribution in [0.2, 0.25) is 5.02 Å². The quantitative estimate of drug-likeness (QED) is 0.345. The summed E-state index contributed by atoms with van der Waals surface area (Å²) in [6.45, 7) is 2.39. The number of nitrogens with two attached hydrogens (primary N) is 1. The van der Waals surface area contributed by atoms with E-state index in [1.807, 2.05) is 42.5 Å². The monoisotopic (exact) mass is 548 g/mol. The molecule has 2 aromatic rings. The van der Waals surface area contributed by atoms with Gasteiger partial charge in [0.05, 0.1) is 31.6 Å². The molecule has 0 spiro atoms. The second-order valence-electron chi connectivity index (χ2n) is 8.70. The molecular formula is C24H29ClN6O5S. The maximum atomic E-state index is 13.2. The number of aliphatic hydroxyl groups is 1. The third kappa shape index (κ3) is 6.46. The number of hydrogen-bond donors (Lipinski definition) is 3. The van der Waals surface area contributed by atoms with E-state index in [1.54, 1.807) is 12.1 Å². The highest BCUT2D eigenvalue weighted by Gasteiger charge is 2.35. The first kappa shape index (κ1) is 27.0. The number of hydrazone groups is 1. The van der Waals surface area contributed by atoms with Crippen LogP contribution in [-0.4, -0.2) is 85.4 Å². The molecule has 0 radical (unpaired) electrons. The van der Waals surface area contributed by atoms with Crippen molar-refractivity contribution in [2.24, 2.45) is 15.8 Å². The Morgan fingerprint density at radius 2 is 1.84 bits per heavy atom. The highest BCUT2D eigenvalue weighted by atomic mass is 35.5. The van der Waals surface area contributed by atoms with Crippen molar-refractivity contribution in [1.29, 1.82) is 0 Å². The van der Waals surface area contributed by atoms with Gasteiger partial charge in [-0.1, -0.05) is 54.1 Å². The molecule has 2 heterocycles. The summed E-state index contributed by atoms with van der Waals surface area (Å²) < 4.78 is 35.4. The van der Waals surface area contributed by atoms with Crippen LogP contribution in [0.25, 0.3) is 0 Å². The molecule has 3 unspecified atom stereocenters. The van der Waals surface area contributed by atoms with E-state index in [9.17, 15) is 18.3 Å². The number of aliphatic imine (C=N–C) groups is 1. The highest BCUT2D eigenvalue weighted by molar-refractivity contribution is 7.87. The first-order valence-electron chi connectivity index (χ1n) is 11.7. The third-order valence-corrected chi connectivity index (χ3v) is 7.78. The van der Waals surface area contributed by atoms with Crippen LogP contribution >= 0.6 is 11.6 Å². The van der Waals surface area contributed by atoms with E-state index in [0.29, 0.717) is 10.7 Å². The number of ether oxygens (including phenoxy) is 1. The molecule has 3 atom stereocenters. The van der Waals surface area contributed by atoms with Gasteiger partial charge in [0.2, 0.25) is 11.9 Å². The second kappa shape index (κ2) is 11.6. The van der Waals surface area contributed by atoms with Crippen LogP contribution in [0.3, 0.4) is 0 Å². The summed E-state index contributed by atoms with van der Waals surface area (Å²) in [5, 5.41) is 16.8. The molecule has 2 aliphatic rings. The zero-order valence-electron chi connectivity index (χ0n) is 20.2. The van der Waals surface area contributed by atoms with Crippen LogP contribution in [0, 0.1) is 0 Å². The zero-order chi connectivity index (χ0) is 26.6. The van der Waals surface area contributed by atoms with Crippen LogP contribution in [0.5, 0.6) is 0 Å². The Labute approximate surface area is 220 Å². The predicted octanol–water partition coefficient (Wildman–Crippen LogP) is 0.901. The largest absolute Gasteiger partial charge is 0.391 e. The van der Waals surface area contributed by atoms with E-state index in [-0.39, 0.29) is 44.7 Å². The summed E-state index contributed by atoms with van der Waals surface area (Å²) in [6.07, 6.45) is -1.26. The molecule has 2 aromatic carbocycles. The van der Waals surface area contributed by atoms with E-state index in [1.165, 1.54) is 16.2 Å². The average Bonchev–Trinajstić information content (AvgIpc) is 3.33. The summed E-state index contributed by atoms with van der Waals surface area (Å²) in [7, 11) is -4.08. The van der Waals surface area contributed by atoms with Gasteiger partial charge >= 0.3 is 10.2 Å². The summed E-state index contributed by atoms with van der Waals surface area (Å²) in [6, 6.07) is 15.4. The van der Waals surface area contributed by atoms with Gasteiger partial charge in [-0.3, -0.25) is 4.79 Å². The minimum absolute atomic E-state index is 0.157. The van der Waals surface area contributed by atoms with E-state index in [0.717, 1.165) is 11.1 Å². The van der Waals surface area contributed by atoms with Crippen LogP contribution in [0.1, 0.15) is 24.0 Å². The van der Waals surface area contributed by atoms with Crippen molar-refractivity contribution in [2.75, 3.05) is 32.8 Å². The van der Waals surface area contributed by atoms with Gasteiger partial charge in [0.1, 0.15) is 0 Å². The van der Waals surface area contributed by atoms with Gasteiger partial charge < -0.3 is 15.6 Å². The van der Waals surface area contributed by atoms with Crippen LogP contribution < -0.4 is 10.5 Å². The van der Waals surface area contributed by atoms with E-state index in [4.69, 9.17) is 27.2 Å². The van der Waals surface area contributed by atoms with Gasteiger partial charge in [0, 0.05) is 24.0 Å². The number of nitrogens with zero attached hydrogens (tertiary/aromatic N) is 4. The van der Waals surface area contributed by atoms with Gasteiger partial charge in [-0.25, -0.2) is 14.7 Å². The minimum Gasteiger partial charge on any atom is -0.391 e. The van der Waals surface area contributed by atoms with E-state index in [2.05, 4.69) is 9.71 Å². The number of carbonyl (C=O) groups is 1. The maximum absolute atomic E-state index is 13.2. The van der Waals surface area contributed by atoms with Crippen molar-refractivity contribution in [1.82, 2.24) is 14.0 Å². The number of morpholine rings is 1. The number of amides is 1. The van der Waals surface area contributed by atoms with Crippen LogP contribution in [0.15, 0.2) is 64.7 Å². The molecule has 4 rings (SSSR count). The molecular weight excluding hydrogens is 520 g/mol. The van der Waals surface area contributed by atoms with Crippen molar-refractivity contribution in [3.8, 4) is 0 Å². The van der Waals surface area contributed by atoms with Crippen molar-refractivity contribution >= 4 is 39.4 Å². The van der Waals surface area contributed by atoms with Gasteiger partial charge in [0.25, 0.3) is 0 Å². The number of nitrogens with one attached hydrogen (secondary N) is 1. The average molecular weight is 549 g/mol. The summed E-state index contributed by atoms with van der Waals surface area (Å²) in [5.41, 5.74) is 7.87. The molecule has 2 aliphatic heterocycles. The number of hydrogen-bond acceptors (Lipinski definition) is 7. The fourth-order valence-corrected chi connectivity index (χ4v) is 5.39. The van der Waals surface area contributed by atoms with Gasteiger partial charge in [0.15, 0.2) is 6.04 Å². The Hall–Kier alpha value is -3.03. The molecule has 1 fully saturated rings. The Morgan fingerprint density at radius 3 is 2.43 bits per heavy atom.